The van der Waals surface area contributed by atoms with Gasteiger partial charge in [-0.15, -0.1) is 11.8 Å². The zero-order valence-corrected chi connectivity index (χ0v) is 23.6. The lowest BCUT2D eigenvalue weighted by Gasteiger charge is -2.33. The number of benzene rings is 3. The van der Waals surface area contributed by atoms with Crippen LogP contribution in [0.3, 0.4) is 0 Å². The number of halogens is 1. The van der Waals surface area contributed by atoms with Crippen molar-refractivity contribution in [1.82, 2.24) is 10.2 Å². The molecule has 0 spiro atoms. The zero-order valence-electron chi connectivity index (χ0n) is 22.1. The number of amides is 2. The van der Waals surface area contributed by atoms with E-state index in [1.807, 2.05) is 60.7 Å². The Balaban J connectivity index is 1.57. The highest BCUT2D eigenvalue weighted by Gasteiger charge is 2.32. The van der Waals surface area contributed by atoms with Gasteiger partial charge in [-0.05, 0) is 42.5 Å². The number of thioether (sulfide) groups is 1. The predicted octanol–water partition coefficient (Wildman–Crippen LogP) is 6.97. The van der Waals surface area contributed by atoms with Crippen molar-refractivity contribution < 1.29 is 9.59 Å². The summed E-state index contributed by atoms with van der Waals surface area (Å²) < 4.78 is 0. The van der Waals surface area contributed by atoms with Crippen molar-refractivity contribution in [3.63, 3.8) is 0 Å². The SMILES string of the molecule is Cc1cccc(CSCC(=O)N(Cc2ccccc2Cl)[C@H](Cc2ccccc2)C(=O)NC2CCCCC2)c1. The van der Waals surface area contributed by atoms with Crippen molar-refractivity contribution in [3.8, 4) is 0 Å². The van der Waals surface area contributed by atoms with Crippen LogP contribution in [0.25, 0.3) is 0 Å². The Morgan fingerprint density at radius 1 is 0.947 bits per heavy atom. The molecule has 0 unspecified atom stereocenters. The minimum atomic E-state index is -0.623. The lowest BCUT2D eigenvalue weighted by Crippen LogP contribution is -2.53. The molecule has 4 nitrogen and oxygen atoms in total. The van der Waals surface area contributed by atoms with Crippen LogP contribution < -0.4 is 5.32 Å². The molecule has 0 radical (unpaired) electrons. The quantitative estimate of drug-likeness (QED) is 0.281. The minimum absolute atomic E-state index is 0.0534. The van der Waals surface area contributed by atoms with Crippen molar-refractivity contribution in [2.75, 3.05) is 5.75 Å². The predicted molar refractivity (Wildman–Crippen MR) is 158 cm³/mol. The Labute approximate surface area is 236 Å². The van der Waals surface area contributed by atoms with Crippen LogP contribution >= 0.6 is 23.4 Å². The molecule has 0 aromatic heterocycles. The van der Waals surface area contributed by atoms with Crippen molar-refractivity contribution >= 4 is 35.2 Å². The van der Waals surface area contributed by atoms with Crippen LogP contribution in [0.4, 0.5) is 0 Å². The van der Waals surface area contributed by atoms with Gasteiger partial charge < -0.3 is 10.2 Å². The third kappa shape index (κ3) is 8.37. The molecule has 1 aliphatic rings. The fourth-order valence-corrected chi connectivity index (χ4v) is 6.10. The van der Waals surface area contributed by atoms with E-state index in [9.17, 15) is 9.59 Å². The average Bonchev–Trinajstić information content (AvgIpc) is 2.92. The van der Waals surface area contributed by atoms with Crippen LogP contribution in [0.1, 0.15) is 54.4 Å². The molecule has 0 bridgehead atoms. The second-order valence-corrected chi connectivity index (χ2v) is 11.5. The van der Waals surface area contributed by atoms with E-state index in [0.29, 0.717) is 23.7 Å². The number of carbonyl (C=O) groups is 2. The van der Waals surface area contributed by atoms with Gasteiger partial charge in [-0.1, -0.05) is 109 Å². The number of aryl methyl sites for hydroxylation is 1. The van der Waals surface area contributed by atoms with E-state index in [4.69, 9.17) is 11.6 Å². The highest BCUT2D eigenvalue weighted by Crippen LogP contribution is 2.23. The molecule has 38 heavy (non-hydrogen) atoms. The second-order valence-electron chi connectivity index (χ2n) is 10.1. The largest absolute Gasteiger partial charge is 0.352 e. The molecular weight excluding hydrogens is 512 g/mol. The van der Waals surface area contributed by atoms with E-state index in [2.05, 4.69) is 30.4 Å². The number of rotatable bonds is 11. The molecule has 1 saturated carbocycles. The first-order chi connectivity index (χ1) is 18.5. The summed E-state index contributed by atoms with van der Waals surface area (Å²) in [5, 5.41) is 3.89. The monoisotopic (exact) mass is 548 g/mol. The minimum Gasteiger partial charge on any atom is -0.352 e. The molecule has 0 aliphatic heterocycles. The van der Waals surface area contributed by atoms with Crippen LogP contribution in [-0.4, -0.2) is 34.6 Å². The standard InChI is InChI=1S/C32H37ClN2O2S/c1-24-11-10-14-26(19-24)22-38-23-31(36)35(21-27-15-8-9-18-29(27)33)30(20-25-12-4-2-5-13-25)32(37)34-28-16-6-3-7-17-28/h2,4-5,8-15,18-19,28,30H,3,6-7,16-17,20-23H2,1H3,(H,34,37)/t30-/m1/s1. The maximum Gasteiger partial charge on any atom is 0.243 e. The van der Waals surface area contributed by atoms with Crippen molar-refractivity contribution in [2.45, 2.75) is 69.8 Å². The molecule has 1 N–H and O–H groups in total. The molecule has 2 amide bonds. The summed E-state index contributed by atoms with van der Waals surface area (Å²) in [6.07, 6.45) is 5.93. The molecule has 1 aliphatic carbocycles. The normalized spacial score (nSPS) is 14.6. The third-order valence-electron chi connectivity index (χ3n) is 7.10. The number of nitrogens with one attached hydrogen (secondary N) is 1. The Bertz CT molecular complexity index is 1200. The number of hydrogen-bond donors (Lipinski definition) is 1. The third-order valence-corrected chi connectivity index (χ3v) is 8.46. The van der Waals surface area contributed by atoms with Gasteiger partial charge in [0, 0.05) is 29.8 Å². The van der Waals surface area contributed by atoms with Crippen LogP contribution in [0.2, 0.25) is 5.02 Å². The number of hydrogen-bond acceptors (Lipinski definition) is 3. The van der Waals surface area contributed by atoms with Gasteiger partial charge in [0.25, 0.3) is 0 Å². The van der Waals surface area contributed by atoms with Crippen molar-refractivity contribution in [3.05, 3.63) is 106 Å². The van der Waals surface area contributed by atoms with Crippen LogP contribution in [0, 0.1) is 6.92 Å². The fourth-order valence-electron chi connectivity index (χ4n) is 5.05. The fraction of sp³-hybridized carbons (Fsp3) is 0.375. The van der Waals surface area contributed by atoms with Crippen LogP contribution in [0.15, 0.2) is 78.9 Å². The first-order valence-corrected chi connectivity index (χ1v) is 15.0. The molecule has 4 rings (SSSR count). The number of nitrogens with zero attached hydrogens (tertiary/aromatic N) is 1. The van der Waals surface area contributed by atoms with Gasteiger partial charge in [0.1, 0.15) is 6.04 Å². The van der Waals surface area contributed by atoms with Gasteiger partial charge in [0.2, 0.25) is 11.8 Å². The number of carbonyl (C=O) groups excluding carboxylic acids is 2. The summed E-state index contributed by atoms with van der Waals surface area (Å²) >= 11 is 8.11. The van der Waals surface area contributed by atoms with E-state index in [0.717, 1.165) is 42.6 Å². The van der Waals surface area contributed by atoms with E-state index in [1.165, 1.54) is 17.5 Å². The van der Waals surface area contributed by atoms with E-state index in [1.54, 1.807) is 16.7 Å². The highest BCUT2D eigenvalue weighted by atomic mass is 35.5. The Hall–Kier alpha value is -2.76. The highest BCUT2D eigenvalue weighted by molar-refractivity contribution is 7.99. The van der Waals surface area contributed by atoms with Gasteiger partial charge in [0.15, 0.2) is 0 Å². The molecule has 0 heterocycles. The summed E-state index contributed by atoms with van der Waals surface area (Å²) in [4.78, 5) is 29.4. The molecule has 1 atom stereocenters. The van der Waals surface area contributed by atoms with E-state index >= 15 is 0 Å². The van der Waals surface area contributed by atoms with Crippen molar-refractivity contribution in [1.29, 1.82) is 0 Å². The molecule has 3 aromatic rings. The van der Waals surface area contributed by atoms with Gasteiger partial charge in [-0.25, -0.2) is 0 Å². The molecular formula is C32H37ClN2O2S. The zero-order chi connectivity index (χ0) is 26.7. The summed E-state index contributed by atoms with van der Waals surface area (Å²) in [7, 11) is 0. The second kappa shape index (κ2) is 14.4. The van der Waals surface area contributed by atoms with Crippen LogP contribution in [0.5, 0.6) is 0 Å². The molecule has 200 valence electrons. The summed E-state index contributed by atoms with van der Waals surface area (Å²) in [6.45, 7) is 2.36. The van der Waals surface area contributed by atoms with Gasteiger partial charge >= 0.3 is 0 Å². The first kappa shape index (κ1) is 28.3. The van der Waals surface area contributed by atoms with Crippen LogP contribution in [-0.2, 0) is 28.3 Å². The maximum absolute atomic E-state index is 13.8. The van der Waals surface area contributed by atoms with Gasteiger partial charge in [-0.2, -0.15) is 0 Å². The smallest absolute Gasteiger partial charge is 0.243 e. The van der Waals surface area contributed by atoms with E-state index in [-0.39, 0.29) is 17.9 Å². The lowest BCUT2D eigenvalue weighted by atomic mass is 9.94. The Kier molecular flexibility index (Phi) is 10.7. The molecule has 0 saturated heterocycles. The lowest BCUT2D eigenvalue weighted by molar-refractivity contribution is -0.139. The Morgan fingerprint density at radius 3 is 2.39 bits per heavy atom. The molecule has 1 fully saturated rings. The summed E-state index contributed by atoms with van der Waals surface area (Å²) in [5.74, 6) is 0.901. The van der Waals surface area contributed by atoms with E-state index < -0.39 is 6.04 Å². The summed E-state index contributed by atoms with van der Waals surface area (Å²) in [5.41, 5.74) is 4.27. The molecule has 3 aromatic carbocycles. The first-order valence-electron chi connectivity index (χ1n) is 13.5. The summed E-state index contributed by atoms with van der Waals surface area (Å²) in [6, 6.07) is 25.4. The van der Waals surface area contributed by atoms with Gasteiger partial charge in [-0.3, -0.25) is 9.59 Å². The van der Waals surface area contributed by atoms with Crippen molar-refractivity contribution in [2.24, 2.45) is 0 Å². The molecule has 6 heteroatoms. The Morgan fingerprint density at radius 2 is 1.66 bits per heavy atom. The maximum atomic E-state index is 13.8. The topological polar surface area (TPSA) is 49.4 Å². The van der Waals surface area contributed by atoms with Gasteiger partial charge in [0.05, 0.1) is 5.75 Å². The average molecular weight is 549 g/mol.